The van der Waals surface area contributed by atoms with Crippen molar-refractivity contribution in [1.82, 2.24) is 5.32 Å². The molecule has 0 saturated carbocycles. The molecule has 2 rings (SSSR count). The summed E-state index contributed by atoms with van der Waals surface area (Å²) in [6.45, 7) is 9.60. The lowest BCUT2D eigenvalue weighted by molar-refractivity contribution is 0.370. The first-order valence-corrected chi connectivity index (χ1v) is 6.76. The predicted molar refractivity (Wildman–Crippen MR) is 76.8 cm³/mol. The zero-order chi connectivity index (χ0) is 14.0. The fourth-order valence-electron chi connectivity index (χ4n) is 2.07. The van der Waals surface area contributed by atoms with Crippen LogP contribution in [0.4, 0.5) is 4.39 Å². The summed E-state index contributed by atoms with van der Waals surface area (Å²) < 4.78 is 18.8. The second-order valence-corrected chi connectivity index (χ2v) is 6.34. The fraction of sp³-hybridized carbons (Fsp3) is 0.500. The zero-order valence-electron chi connectivity index (χ0n) is 12.1. The molecule has 2 nitrogen and oxygen atoms in total. The molecule has 1 unspecified atom stereocenters. The Labute approximate surface area is 114 Å². The number of hydrogen-bond donors (Lipinski definition) is 1. The number of furan rings is 1. The Kier molecular flexibility index (Phi) is 3.95. The number of nitrogens with one attached hydrogen (secondary N) is 1. The Bertz CT molecular complexity index is 553. The molecule has 2 aromatic rings. The second-order valence-electron chi connectivity index (χ2n) is 6.34. The van der Waals surface area contributed by atoms with E-state index in [9.17, 15) is 4.39 Å². The largest absolute Gasteiger partial charge is 0.461 e. The summed E-state index contributed by atoms with van der Waals surface area (Å²) in [5.41, 5.74) is 0.887. The summed E-state index contributed by atoms with van der Waals surface area (Å²) in [7, 11) is 0. The van der Waals surface area contributed by atoms with E-state index < -0.39 is 0 Å². The van der Waals surface area contributed by atoms with Crippen LogP contribution in [0.1, 0.15) is 33.5 Å². The zero-order valence-corrected chi connectivity index (χ0v) is 12.1. The van der Waals surface area contributed by atoms with Crippen molar-refractivity contribution in [3.05, 3.63) is 35.8 Å². The monoisotopic (exact) mass is 263 g/mol. The molecule has 0 spiro atoms. The Morgan fingerprint density at radius 3 is 2.68 bits per heavy atom. The SMILES string of the molecule is CC(CNC(C)(C)C)Cc1cc2cc(F)ccc2o1. The quantitative estimate of drug-likeness (QED) is 0.897. The second kappa shape index (κ2) is 5.33. The molecule has 104 valence electrons. The van der Waals surface area contributed by atoms with Crippen LogP contribution in [-0.4, -0.2) is 12.1 Å². The lowest BCUT2D eigenvalue weighted by Gasteiger charge is -2.23. The van der Waals surface area contributed by atoms with Gasteiger partial charge in [0.05, 0.1) is 0 Å². The number of rotatable bonds is 4. The highest BCUT2D eigenvalue weighted by Gasteiger charge is 2.13. The van der Waals surface area contributed by atoms with Gasteiger partial charge in [-0.05, 0) is 57.5 Å². The molecule has 0 fully saturated rings. The molecule has 0 aliphatic carbocycles. The van der Waals surface area contributed by atoms with Gasteiger partial charge in [-0.1, -0.05) is 6.92 Å². The summed E-state index contributed by atoms with van der Waals surface area (Å²) in [5, 5.41) is 4.32. The third kappa shape index (κ3) is 4.06. The van der Waals surface area contributed by atoms with Crippen LogP contribution in [-0.2, 0) is 6.42 Å². The summed E-state index contributed by atoms with van der Waals surface area (Å²) in [6, 6.07) is 6.57. The topological polar surface area (TPSA) is 25.2 Å². The van der Waals surface area contributed by atoms with Crippen LogP contribution in [0.25, 0.3) is 11.0 Å². The van der Waals surface area contributed by atoms with Gasteiger partial charge in [0.25, 0.3) is 0 Å². The summed E-state index contributed by atoms with van der Waals surface area (Å²) in [6.07, 6.45) is 0.860. The van der Waals surface area contributed by atoms with Crippen molar-refractivity contribution in [1.29, 1.82) is 0 Å². The van der Waals surface area contributed by atoms with Crippen molar-refractivity contribution in [2.45, 2.75) is 39.7 Å². The Balaban J connectivity index is 2.01. The summed E-state index contributed by atoms with van der Waals surface area (Å²) >= 11 is 0. The Hall–Kier alpha value is -1.35. The average molecular weight is 263 g/mol. The first kappa shape index (κ1) is 14.1. The molecule has 3 heteroatoms. The Morgan fingerprint density at radius 1 is 1.26 bits per heavy atom. The van der Waals surface area contributed by atoms with Crippen molar-refractivity contribution >= 4 is 11.0 Å². The van der Waals surface area contributed by atoms with Gasteiger partial charge in [-0.25, -0.2) is 4.39 Å². The average Bonchev–Trinajstić information content (AvgIpc) is 2.66. The van der Waals surface area contributed by atoms with Gasteiger partial charge in [0.15, 0.2) is 0 Å². The maximum atomic E-state index is 13.1. The summed E-state index contributed by atoms with van der Waals surface area (Å²) in [5.74, 6) is 1.18. The molecule has 0 radical (unpaired) electrons. The third-order valence-corrected chi connectivity index (χ3v) is 3.06. The maximum absolute atomic E-state index is 13.1. The van der Waals surface area contributed by atoms with Crippen LogP contribution in [0.2, 0.25) is 0 Å². The van der Waals surface area contributed by atoms with E-state index in [1.54, 1.807) is 6.07 Å². The fourth-order valence-corrected chi connectivity index (χ4v) is 2.07. The lowest BCUT2D eigenvalue weighted by atomic mass is 10.0. The van der Waals surface area contributed by atoms with Gasteiger partial charge in [-0.15, -0.1) is 0 Å². The molecule has 1 N–H and O–H groups in total. The minimum Gasteiger partial charge on any atom is -0.461 e. The minimum absolute atomic E-state index is 0.130. The highest BCUT2D eigenvalue weighted by molar-refractivity contribution is 5.77. The highest BCUT2D eigenvalue weighted by Crippen LogP contribution is 2.22. The van der Waals surface area contributed by atoms with Gasteiger partial charge in [-0.3, -0.25) is 0 Å². The van der Waals surface area contributed by atoms with Crippen molar-refractivity contribution in [3.8, 4) is 0 Å². The molecule has 0 bridgehead atoms. The van der Waals surface area contributed by atoms with E-state index in [0.717, 1.165) is 29.7 Å². The van der Waals surface area contributed by atoms with Crippen molar-refractivity contribution in [3.63, 3.8) is 0 Å². The van der Waals surface area contributed by atoms with Crippen LogP contribution < -0.4 is 5.32 Å². The van der Waals surface area contributed by atoms with Crippen molar-refractivity contribution in [2.24, 2.45) is 5.92 Å². The van der Waals surface area contributed by atoms with Crippen LogP contribution >= 0.6 is 0 Å². The predicted octanol–water partition coefficient (Wildman–Crippen LogP) is 4.14. The molecule has 1 atom stereocenters. The Morgan fingerprint density at radius 2 is 2.00 bits per heavy atom. The maximum Gasteiger partial charge on any atom is 0.134 e. The molecule has 0 amide bonds. The van der Waals surface area contributed by atoms with E-state index in [-0.39, 0.29) is 11.4 Å². The molecule has 1 aromatic heterocycles. The van der Waals surface area contributed by atoms with Crippen LogP contribution in [0, 0.1) is 11.7 Å². The van der Waals surface area contributed by atoms with E-state index >= 15 is 0 Å². The van der Waals surface area contributed by atoms with Gasteiger partial charge in [0, 0.05) is 17.3 Å². The molecule has 0 saturated heterocycles. The molecule has 0 aliphatic rings. The van der Waals surface area contributed by atoms with Gasteiger partial charge < -0.3 is 9.73 Å². The molecule has 1 heterocycles. The van der Waals surface area contributed by atoms with Crippen molar-refractivity contribution < 1.29 is 8.81 Å². The van der Waals surface area contributed by atoms with E-state index in [0.29, 0.717) is 5.92 Å². The number of hydrogen-bond acceptors (Lipinski definition) is 2. The van der Waals surface area contributed by atoms with Gasteiger partial charge in [0.1, 0.15) is 17.2 Å². The highest BCUT2D eigenvalue weighted by atomic mass is 19.1. The molecule has 19 heavy (non-hydrogen) atoms. The van der Waals surface area contributed by atoms with Crippen molar-refractivity contribution in [2.75, 3.05) is 6.54 Å². The molecular weight excluding hydrogens is 241 g/mol. The van der Waals surface area contributed by atoms with Gasteiger partial charge >= 0.3 is 0 Å². The van der Waals surface area contributed by atoms with Crippen LogP contribution in [0.5, 0.6) is 0 Å². The van der Waals surface area contributed by atoms with Crippen LogP contribution in [0.3, 0.4) is 0 Å². The normalized spacial score (nSPS) is 13.9. The summed E-state index contributed by atoms with van der Waals surface area (Å²) in [4.78, 5) is 0. The number of fused-ring (bicyclic) bond motifs is 1. The molecule has 0 aliphatic heterocycles. The molecule has 1 aromatic carbocycles. The van der Waals surface area contributed by atoms with E-state index in [1.165, 1.54) is 12.1 Å². The molecular formula is C16H22FNO. The van der Waals surface area contributed by atoms with Crippen LogP contribution in [0.15, 0.2) is 28.7 Å². The lowest BCUT2D eigenvalue weighted by Crippen LogP contribution is -2.38. The van der Waals surface area contributed by atoms with E-state index in [2.05, 4.69) is 33.0 Å². The smallest absolute Gasteiger partial charge is 0.134 e. The standard InChI is InChI=1S/C16H22FNO/c1-11(10-18-16(2,3)4)7-14-9-12-8-13(17)5-6-15(12)19-14/h5-6,8-9,11,18H,7,10H2,1-4H3. The van der Waals surface area contributed by atoms with Gasteiger partial charge in [0.2, 0.25) is 0 Å². The van der Waals surface area contributed by atoms with E-state index in [4.69, 9.17) is 4.42 Å². The van der Waals surface area contributed by atoms with Gasteiger partial charge in [-0.2, -0.15) is 0 Å². The number of benzene rings is 1. The first-order valence-electron chi connectivity index (χ1n) is 6.76. The third-order valence-electron chi connectivity index (χ3n) is 3.06. The number of halogens is 1. The van der Waals surface area contributed by atoms with E-state index in [1.807, 2.05) is 6.07 Å². The minimum atomic E-state index is -0.220. The first-order chi connectivity index (χ1) is 8.83.